The average Bonchev–Trinajstić information content (AvgIpc) is 2.89. The summed E-state index contributed by atoms with van der Waals surface area (Å²) in [4.78, 5) is -0.216. The van der Waals surface area contributed by atoms with E-state index < -0.39 is 52.1 Å². The first-order valence-corrected chi connectivity index (χ1v) is 16.8. The van der Waals surface area contributed by atoms with Crippen LogP contribution in [0.15, 0.2) is 58.3 Å². The summed E-state index contributed by atoms with van der Waals surface area (Å²) in [6, 6.07) is 9.79. The molecule has 2 saturated carbocycles. The van der Waals surface area contributed by atoms with Gasteiger partial charge in [-0.25, -0.2) is 30.0 Å². The van der Waals surface area contributed by atoms with Crippen LogP contribution in [0.5, 0.6) is 0 Å². The molecule has 2 aliphatic rings. The summed E-state index contributed by atoms with van der Waals surface area (Å²) in [5, 5.41) is 10.8. The highest BCUT2D eigenvalue weighted by Gasteiger charge is 2.55. The highest BCUT2D eigenvalue weighted by Crippen LogP contribution is 2.46. The van der Waals surface area contributed by atoms with Crippen molar-refractivity contribution >= 4 is 19.7 Å². The molecule has 0 saturated heterocycles. The molecule has 0 spiro atoms. The molecule has 0 aromatic heterocycles. The SMILES string of the molecule is CC(C)(C1(F)CCCCC1)S(=O)(=O)c1cccc(F)c1.CC(C)(C1(O)CCCCC1)S(=O)(=O)c1cccc(F)c1. The van der Waals surface area contributed by atoms with Crippen LogP contribution in [0.4, 0.5) is 13.2 Å². The van der Waals surface area contributed by atoms with E-state index in [1.54, 1.807) is 13.8 Å². The van der Waals surface area contributed by atoms with Gasteiger partial charge in [0.1, 0.15) is 22.1 Å². The van der Waals surface area contributed by atoms with Crippen molar-refractivity contribution in [2.75, 3.05) is 0 Å². The Hall–Kier alpha value is -1.91. The third kappa shape index (κ3) is 6.00. The third-order valence-corrected chi connectivity index (χ3v) is 14.3. The third-order valence-electron chi connectivity index (χ3n) is 9.08. The summed E-state index contributed by atoms with van der Waals surface area (Å²) >= 11 is 0. The molecule has 2 aliphatic carbocycles. The van der Waals surface area contributed by atoms with Crippen LogP contribution in [-0.2, 0) is 19.7 Å². The molecule has 2 aromatic rings. The van der Waals surface area contributed by atoms with Crippen LogP contribution >= 0.6 is 0 Å². The number of aliphatic hydroxyl groups is 1. The number of halogens is 3. The molecule has 1 N–H and O–H groups in total. The Kier molecular flexibility index (Phi) is 9.59. The van der Waals surface area contributed by atoms with Crippen molar-refractivity contribution in [1.29, 1.82) is 0 Å². The summed E-state index contributed by atoms with van der Waals surface area (Å²) in [7, 11) is -7.74. The Bertz CT molecular complexity index is 1280. The van der Waals surface area contributed by atoms with Gasteiger partial charge in [0.05, 0.1) is 20.1 Å². The maximum absolute atomic E-state index is 15.2. The standard InChI is InChI=1S/C15H20F2O2S.C15H21FO3S/c2*1-14(2,15(17)9-4-3-5-10-15)20(18,19)13-8-6-7-12(16)11-13/h6-8,11H,3-5,9-10H2,1-2H3;6-8,11,17H,3-5,9-10H2,1-2H3. The van der Waals surface area contributed by atoms with Gasteiger partial charge in [0, 0.05) is 0 Å². The topological polar surface area (TPSA) is 88.5 Å². The van der Waals surface area contributed by atoms with Gasteiger partial charge in [-0.05, 0) is 89.8 Å². The summed E-state index contributed by atoms with van der Waals surface area (Å²) in [6.45, 7) is 5.91. The largest absolute Gasteiger partial charge is 0.388 e. The quantitative estimate of drug-likeness (QED) is 0.380. The highest BCUT2D eigenvalue weighted by atomic mass is 32.2. The number of rotatable bonds is 6. The second-order valence-corrected chi connectivity index (χ2v) is 17.1. The number of alkyl halides is 1. The van der Waals surface area contributed by atoms with Crippen LogP contribution in [0, 0.1) is 11.6 Å². The molecule has 0 atom stereocenters. The van der Waals surface area contributed by atoms with Gasteiger partial charge in [0.25, 0.3) is 0 Å². The van der Waals surface area contributed by atoms with Gasteiger partial charge in [-0.15, -0.1) is 0 Å². The van der Waals surface area contributed by atoms with E-state index in [0.717, 1.165) is 37.8 Å². The summed E-state index contributed by atoms with van der Waals surface area (Å²) in [5.41, 5.74) is -3.01. The molecule has 2 aromatic carbocycles. The van der Waals surface area contributed by atoms with Crippen molar-refractivity contribution in [3.05, 3.63) is 60.2 Å². The molecule has 0 unspecified atom stereocenters. The number of hydrogen-bond donors (Lipinski definition) is 1. The Morgan fingerprint density at radius 3 is 1.43 bits per heavy atom. The second kappa shape index (κ2) is 11.8. The fourth-order valence-electron chi connectivity index (χ4n) is 5.80. The number of benzene rings is 2. The highest BCUT2D eigenvalue weighted by molar-refractivity contribution is 7.93. The van der Waals surface area contributed by atoms with Crippen molar-refractivity contribution in [3.8, 4) is 0 Å². The molecule has 4 rings (SSSR count). The molecule has 10 heteroatoms. The minimum Gasteiger partial charge on any atom is -0.388 e. The zero-order valence-corrected chi connectivity index (χ0v) is 25.4. The first-order valence-electron chi connectivity index (χ1n) is 13.8. The Morgan fingerprint density at radius 1 is 0.650 bits per heavy atom. The lowest BCUT2D eigenvalue weighted by Gasteiger charge is -2.44. The molecular weight excluding hydrogens is 561 g/mol. The molecule has 0 aliphatic heterocycles. The van der Waals surface area contributed by atoms with E-state index in [1.807, 2.05) is 0 Å². The minimum absolute atomic E-state index is 0.0681. The van der Waals surface area contributed by atoms with E-state index in [4.69, 9.17) is 0 Å². The van der Waals surface area contributed by atoms with Gasteiger partial charge in [-0.3, -0.25) is 0 Å². The Morgan fingerprint density at radius 2 is 1.02 bits per heavy atom. The molecule has 40 heavy (non-hydrogen) atoms. The van der Waals surface area contributed by atoms with Crippen LogP contribution in [0.25, 0.3) is 0 Å². The average molecular weight is 603 g/mol. The van der Waals surface area contributed by atoms with Crippen LogP contribution in [-0.4, -0.2) is 42.7 Å². The van der Waals surface area contributed by atoms with Crippen LogP contribution in [0.2, 0.25) is 0 Å². The maximum atomic E-state index is 15.2. The Labute approximate surface area is 237 Å². The maximum Gasteiger partial charge on any atom is 0.186 e. The monoisotopic (exact) mass is 602 g/mol. The van der Waals surface area contributed by atoms with Gasteiger partial charge in [-0.1, -0.05) is 50.7 Å². The van der Waals surface area contributed by atoms with Gasteiger partial charge in [0.15, 0.2) is 19.7 Å². The molecule has 224 valence electrons. The van der Waals surface area contributed by atoms with Gasteiger partial charge >= 0.3 is 0 Å². The fourth-order valence-corrected chi connectivity index (χ4v) is 9.42. The summed E-state index contributed by atoms with van der Waals surface area (Å²) in [5.74, 6) is -1.21. The molecule has 0 amide bonds. The van der Waals surface area contributed by atoms with Crippen LogP contribution in [0.1, 0.15) is 91.9 Å². The van der Waals surface area contributed by atoms with Crippen molar-refractivity contribution in [2.24, 2.45) is 0 Å². The molecule has 0 heterocycles. The van der Waals surface area contributed by atoms with E-state index in [0.29, 0.717) is 25.7 Å². The van der Waals surface area contributed by atoms with E-state index in [-0.39, 0.29) is 22.6 Å². The summed E-state index contributed by atoms with van der Waals surface area (Å²) < 4.78 is 89.8. The van der Waals surface area contributed by atoms with Crippen molar-refractivity contribution in [1.82, 2.24) is 0 Å². The van der Waals surface area contributed by atoms with E-state index in [9.17, 15) is 30.7 Å². The molecule has 2 fully saturated rings. The zero-order valence-electron chi connectivity index (χ0n) is 23.7. The van der Waals surface area contributed by atoms with Gasteiger partial charge in [-0.2, -0.15) is 0 Å². The van der Waals surface area contributed by atoms with Gasteiger partial charge < -0.3 is 5.11 Å². The normalized spacial score (nSPS) is 19.8. The van der Waals surface area contributed by atoms with Crippen molar-refractivity contribution in [2.45, 2.75) is 122 Å². The van der Waals surface area contributed by atoms with Crippen LogP contribution < -0.4 is 0 Å². The Balaban J connectivity index is 0.000000220. The molecule has 0 bridgehead atoms. The number of hydrogen-bond acceptors (Lipinski definition) is 5. The smallest absolute Gasteiger partial charge is 0.186 e. The lowest BCUT2D eigenvalue weighted by Crippen LogP contribution is -2.55. The summed E-state index contributed by atoms with van der Waals surface area (Å²) in [6.07, 6.45) is 6.39. The zero-order chi connectivity index (χ0) is 30.0. The van der Waals surface area contributed by atoms with Crippen molar-refractivity contribution in [3.63, 3.8) is 0 Å². The lowest BCUT2D eigenvalue weighted by molar-refractivity contribution is -0.0252. The number of sulfone groups is 2. The molecular formula is C30H41F3O5S2. The first-order chi connectivity index (χ1) is 18.4. The van der Waals surface area contributed by atoms with Gasteiger partial charge in [0.2, 0.25) is 0 Å². The van der Waals surface area contributed by atoms with Crippen LogP contribution in [0.3, 0.4) is 0 Å². The van der Waals surface area contributed by atoms with E-state index >= 15 is 4.39 Å². The van der Waals surface area contributed by atoms with E-state index in [1.165, 1.54) is 50.2 Å². The first kappa shape index (κ1) is 32.6. The predicted molar refractivity (Wildman–Crippen MR) is 150 cm³/mol. The fraction of sp³-hybridized carbons (Fsp3) is 0.600. The van der Waals surface area contributed by atoms with Crippen molar-refractivity contribution < 1.29 is 35.1 Å². The molecule has 5 nitrogen and oxygen atoms in total. The lowest BCUT2D eigenvalue weighted by atomic mass is 9.76. The van der Waals surface area contributed by atoms with E-state index in [2.05, 4.69) is 0 Å². The molecule has 0 radical (unpaired) electrons. The predicted octanol–water partition coefficient (Wildman–Crippen LogP) is 7.12. The second-order valence-electron chi connectivity index (χ2n) is 12.1. The minimum atomic E-state index is -3.93.